The Labute approximate surface area is 205 Å². The van der Waals surface area contributed by atoms with Crippen LogP contribution < -0.4 is 0 Å². The Kier molecular flexibility index (Phi) is 6.30. The fourth-order valence-corrected chi connectivity index (χ4v) is 4.94. The molecule has 6 rings (SSSR count). The van der Waals surface area contributed by atoms with Crippen LogP contribution in [0.15, 0.2) is 42.5 Å². The van der Waals surface area contributed by atoms with Crippen molar-refractivity contribution in [3.05, 3.63) is 70.8 Å². The molecular formula is C29H31N5O. The van der Waals surface area contributed by atoms with Crippen LogP contribution in [0.4, 0.5) is 0 Å². The molecule has 6 nitrogen and oxygen atoms in total. The summed E-state index contributed by atoms with van der Waals surface area (Å²) in [7, 11) is 0. The summed E-state index contributed by atoms with van der Waals surface area (Å²) in [4.78, 5) is 19.1. The number of hydrogen-bond donors (Lipinski definition) is 2. The summed E-state index contributed by atoms with van der Waals surface area (Å²) in [6.07, 6.45) is 12.9. The Morgan fingerprint density at radius 2 is 1.37 bits per heavy atom. The summed E-state index contributed by atoms with van der Waals surface area (Å²) in [6.45, 7) is 5.08. The minimum absolute atomic E-state index is 0.877. The first-order valence-electron chi connectivity index (χ1n) is 12.6. The molecule has 2 N–H and O–H groups in total. The second kappa shape index (κ2) is 10.0. The highest BCUT2D eigenvalue weighted by Gasteiger charge is 2.10. The van der Waals surface area contributed by atoms with E-state index in [1.54, 1.807) is 0 Å². The summed E-state index contributed by atoms with van der Waals surface area (Å²) in [5.41, 5.74) is 9.46. The maximum atomic E-state index is 5.46. The van der Waals surface area contributed by atoms with Gasteiger partial charge in [0, 0.05) is 35.2 Å². The second-order valence-corrected chi connectivity index (χ2v) is 9.46. The van der Waals surface area contributed by atoms with Gasteiger partial charge in [0.05, 0.1) is 36.0 Å². The Balaban J connectivity index is 1.30. The molecule has 0 aliphatic carbocycles. The van der Waals surface area contributed by atoms with E-state index in [0.717, 1.165) is 77.6 Å². The first-order valence-corrected chi connectivity index (χ1v) is 12.6. The largest absolute Gasteiger partial charge is 0.379 e. The monoisotopic (exact) mass is 465 g/mol. The number of aromatic amines is 2. The molecular weight excluding hydrogens is 434 g/mol. The lowest BCUT2D eigenvalue weighted by Crippen LogP contribution is -2.36. The van der Waals surface area contributed by atoms with E-state index in [0.29, 0.717) is 0 Å². The third-order valence-corrected chi connectivity index (χ3v) is 6.78. The predicted octanol–water partition coefficient (Wildman–Crippen LogP) is 5.70. The molecule has 0 radical (unpaired) electrons. The smallest absolute Gasteiger partial charge is 0.0659 e. The van der Waals surface area contributed by atoms with E-state index in [4.69, 9.17) is 14.7 Å². The zero-order valence-corrected chi connectivity index (χ0v) is 20.0. The van der Waals surface area contributed by atoms with Gasteiger partial charge in [0.2, 0.25) is 0 Å². The van der Waals surface area contributed by atoms with Crippen molar-refractivity contribution in [1.29, 1.82) is 0 Å². The fraction of sp³-hybridized carbons (Fsp3) is 0.310. The highest BCUT2D eigenvalue weighted by Crippen LogP contribution is 2.21. The van der Waals surface area contributed by atoms with Crippen molar-refractivity contribution in [3.63, 3.8) is 0 Å². The minimum atomic E-state index is 0.877. The van der Waals surface area contributed by atoms with E-state index in [2.05, 4.69) is 63.4 Å². The number of H-pyrrole nitrogens is 2. The Morgan fingerprint density at radius 1 is 0.686 bits per heavy atom. The first-order chi connectivity index (χ1) is 17.3. The van der Waals surface area contributed by atoms with Crippen LogP contribution in [0.5, 0.6) is 0 Å². The predicted molar refractivity (Wildman–Crippen MR) is 144 cm³/mol. The van der Waals surface area contributed by atoms with Gasteiger partial charge in [0.1, 0.15) is 0 Å². The lowest BCUT2D eigenvalue weighted by molar-refractivity contribution is 0.0371. The van der Waals surface area contributed by atoms with Gasteiger partial charge >= 0.3 is 0 Å². The Bertz CT molecular complexity index is 1420. The molecule has 8 bridgehead atoms. The number of nitrogens with one attached hydrogen (secondary N) is 2. The van der Waals surface area contributed by atoms with E-state index < -0.39 is 0 Å². The molecule has 35 heavy (non-hydrogen) atoms. The molecule has 3 aromatic rings. The van der Waals surface area contributed by atoms with Crippen molar-refractivity contribution in [1.82, 2.24) is 24.8 Å². The molecule has 3 aromatic heterocycles. The lowest BCUT2D eigenvalue weighted by Gasteiger charge is -2.26. The summed E-state index contributed by atoms with van der Waals surface area (Å²) in [5.74, 6) is 0. The number of unbranched alkanes of at least 4 members (excludes halogenated alkanes) is 2. The Hall–Kier alpha value is -3.48. The highest BCUT2D eigenvalue weighted by molar-refractivity contribution is 5.78. The van der Waals surface area contributed by atoms with Crippen LogP contribution in [-0.2, 0) is 11.2 Å². The molecule has 0 aromatic carbocycles. The molecule has 0 amide bonds. The van der Waals surface area contributed by atoms with E-state index in [1.807, 2.05) is 18.2 Å². The molecule has 3 aliphatic heterocycles. The number of nitrogens with zero attached hydrogens (tertiary/aromatic N) is 3. The normalized spacial score (nSPS) is 15.7. The number of ether oxygens (including phenoxy) is 1. The minimum Gasteiger partial charge on any atom is -0.379 e. The van der Waals surface area contributed by atoms with Crippen LogP contribution in [0.1, 0.15) is 47.6 Å². The van der Waals surface area contributed by atoms with Crippen molar-refractivity contribution in [3.8, 4) is 0 Å². The second-order valence-electron chi connectivity index (χ2n) is 9.46. The molecule has 6 heterocycles. The molecule has 0 atom stereocenters. The van der Waals surface area contributed by atoms with Crippen LogP contribution in [0, 0.1) is 0 Å². The number of hydrogen-bond acceptors (Lipinski definition) is 4. The number of morpholine rings is 1. The number of fused-ring (bicyclic) bond motifs is 8. The zero-order valence-electron chi connectivity index (χ0n) is 20.0. The maximum absolute atomic E-state index is 5.46. The van der Waals surface area contributed by atoms with Crippen molar-refractivity contribution in [2.45, 2.75) is 25.7 Å². The van der Waals surface area contributed by atoms with Gasteiger partial charge in [-0.15, -0.1) is 0 Å². The third-order valence-electron chi connectivity index (χ3n) is 6.78. The molecule has 0 saturated carbocycles. The van der Waals surface area contributed by atoms with Crippen LogP contribution in [0.3, 0.4) is 0 Å². The third kappa shape index (κ3) is 5.45. The van der Waals surface area contributed by atoms with Crippen molar-refractivity contribution in [2.75, 3.05) is 32.8 Å². The van der Waals surface area contributed by atoms with Crippen molar-refractivity contribution >= 4 is 46.4 Å². The van der Waals surface area contributed by atoms with E-state index in [1.165, 1.54) is 31.4 Å². The quantitative estimate of drug-likeness (QED) is 0.316. The molecule has 0 spiro atoms. The van der Waals surface area contributed by atoms with Gasteiger partial charge < -0.3 is 14.7 Å². The summed E-state index contributed by atoms with van der Waals surface area (Å²) >= 11 is 0. The van der Waals surface area contributed by atoms with Gasteiger partial charge in [-0.05, 0) is 98.1 Å². The van der Waals surface area contributed by atoms with Crippen molar-refractivity contribution in [2.24, 2.45) is 0 Å². The topological polar surface area (TPSA) is 69.8 Å². The number of aryl methyl sites for hydroxylation is 1. The van der Waals surface area contributed by atoms with Crippen LogP contribution in [0.2, 0.25) is 0 Å². The molecule has 178 valence electrons. The zero-order chi connectivity index (χ0) is 23.5. The lowest BCUT2D eigenvalue weighted by atomic mass is 10.1. The molecule has 1 fully saturated rings. The summed E-state index contributed by atoms with van der Waals surface area (Å²) in [6, 6.07) is 14.9. The van der Waals surface area contributed by atoms with Gasteiger partial charge in [0.15, 0.2) is 0 Å². The van der Waals surface area contributed by atoms with Crippen molar-refractivity contribution < 1.29 is 4.74 Å². The maximum Gasteiger partial charge on any atom is 0.0659 e. The highest BCUT2D eigenvalue weighted by atomic mass is 16.5. The van der Waals surface area contributed by atoms with Gasteiger partial charge in [-0.2, -0.15) is 0 Å². The summed E-state index contributed by atoms with van der Waals surface area (Å²) < 4.78 is 5.46. The average Bonchev–Trinajstić information content (AvgIpc) is 3.65. The van der Waals surface area contributed by atoms with Crippen LogP contribution in [-0.4, -0.2) is 57.7 Å². The molecule has 3 aliphatic rings. The van der Waals surface area contributed by atoms with E-state index in [9.17, 15) is 0 Å². The standard InChI is InChI=1S/C29H31N5O/c1(3-11-34-12-14-35-15-13-34)2-4-21-16-28-19-26-8-7-24(31-26)17-22-5-6-23(30-22)18-25-9-10-27(32-25)20-29(21)33-28/h5-10,16-20,31,33H,1-4,11-15H2. The van der Waals surface area contributed by atoms with Gasteiger partial charge in [-0.1, -0.05) is 6.42 Å². The van der Waals surface area contributed by atoms with E-state index >= 15 is 0 Å². The first kappa shape index (κ1) is 22.0. The average molecular weight is 466 g/mol. The molecule has 1 saturated heterocycles. The SMILES string of the molecule is C1=Cc2cc3ccc(cc4cc(CCCCCN5CCOCC5)c(cc5nc(cc1n2)C=C5)[nH]4)[nH]3. The number of rotatable bonds is 6. The molecule has 6 heteroatoms. The van der Waals surface area contributed by atoms with E-state index in [-0.39, 0.29) is 0 Å². The van der Waals surface area contributed by atoms with Gasteiger partial charge in [0.25, 0.3) is 0 Å². The van der Waals surface area contributed by atoms with Gasteiger partial charge in [-0.25, -0.2) is 9.97 Å². The molecule has 0 unspecified atom stereocenters. The Morgan fingerprint density at radius 3 is 2.14 bits per heavy atom. The van der Waals surface area contributed by atoms with Gasteiger partial charge in [-0.3, -0.25) is 4.90 Å². The number of aromatic nitrogens is 4. The fourth-order valence-electron chi connectivity index (χ4n) is 4.94. The summed E-state index contributed by atoms with van der Waals surface area (Å²) in [5, 5.41) is 0. The van der Waals surface area contributed by atoms with Crippen LogP contribution in [0.25, 0.3) is 46.4 Å². The van der Waals surface area contributed by atoms with Crippen LogP contribution >= 0.6 is 0 Å².